The molecule has 1 unspecified atom stereocenters. The van der Waals surface area contributed by atoms with Crippen molar-refractivity contribution in [3.63, 3.8) is 0 Å². The molecule has 0 aromatic carbocycles. The molecule has 1 nitrogen and oxygen atoms in total. The van der Waals surface area contributed by atoms with Gasteiger partial charge in [0.15, 0.2) is 0 Å². The van der Waals surface area contributed by atoms with Crippen LogP contribution >= 0.6 is 0 Å². The second kappa shape index (κ2) is 8.03. The maximum absolute atomic E-state index is 10.2. The van der Waals surface area contributed by atoms with Gasteiger partial charge in [-0.15, -0.1) is 0 Å². The van der Waals surface area contributed by atoms with E-state index in [1.807, 2.05) is 6.29 Å². The van der Waals surface area contributed by atoms with Gasteiger partial charge in [-0.3, -0.25) is 4.79 Å². The predicted molar refractivity (Wildman–Crippen MR) is 57.4 cm³/mol. The third kappa shape index (κ3) is 6.56. The molecule has 75 valence electrons. The molecule has 0 bridgehead atoms. The van der Waals surface area contributed by atoms with Gasteiger partial charge in [-0.05, 0) is 24.3 Å². The maximum atomic E-state index is 10.2. The Kier molecular flexibility index (Phi) is 7.66. The summed E-state index contributed by atoms with van der Waals surface area (Å²) in [5.41, 5.74) is 0.620. The van der Waals surface area contributed by atoms with Crippen LogP contribution in [0, 0.1) is 5.92 Å². The summed E-state index contributed by atoms with van der Waals surface area (Å²) in [6.07, 6.45) is 8.85. The summed E-state index contributed by atoms with van der Waals surface area (Å²) in [5, 5.41) is 0. The molecule has 0 spiro atoms. The molecular weight excluding hydrogens is 160 g/mol. The van der Waals surface area contributed by atoms with Crippen LogP contribution in [0.15, 0.2) is 12.2 Å². The van der Waals surface area contributed by atoms with Crippen LogP contribution in [-0.4, -0.2) is 6.29 Å². The van der Waals surface area contributed by atoms with Crippen LogP contribution in [0.4, 0.5) is 0 Å². The van der Waals surface area contributed by atoms with Crippen molar-refractivity contribution in [3.05, 3.63) is 12.2 Å². The fourth-order valence-electron chi connectivity index (χ4n) is 1.47. The summed E-state index contributed by atoms with van der Waals surface area (Å²) < 4.78 is 0. The van der Waals surface area contributed by atoms with Gasteiger partial charge >= 0.3 is 0 Å². The second-order valence-corrected chi connectivity index (χ2v) is 3.66. The lowest BCUT2D eigenvalue weighted by Crippen LogP contribution is -1.99. The number of carbonyl (C=O) groups excluding carboxylic acids is 1. The van der Waals surface area contributed by atoms with Crippen LogP contribution in [0.3, 0.4) is 0 Å². The van der Waals surface area contributed by atoms with Gasteiger partial charge in [0.1, 0.15) is 0 Å². The number of rotatable bonds is 8. The van der Waals surface area contributed by atoms with Gasteiger partial charge < -0.3 is 0 Å². The quantitative estimate of drug-likeness (QED) is 0.522. The topological polar surface area (TPSA) is 17.1 Å². The molecule has 1 atom stereocenters. The smallest absolute Gasteiger partial charge is 0.228 e. The monoisotopic (exact) mass is 181 g/mol. The van der Waals surface area contributed by atoms with E-state index in [2.05, 4.69) is 20.4 Å². The Bertz CT molecular complexity index is 149. The zero-order valence-corrected chi connectivity index (χ0v) is 8.94. The summed E-state index contributed by atoms with van der Waals surface area (Å²) >= 11 is 0. The molecule has 0 rings (SSSR count). The summed E-state index contributed by atoms with van der Waals surface area (Å²) in [5.74, 6) is 0.769. The third-order valence-electron chi connectivity index (χ3n) is 2.54. The highest BCUT2D eigenvalue weighted by molar-refractivity contribution is 5.72. The van der Waals surface area contributed by atoms with Gasteiger partial charge in [-0.25, -0.2) is 0 Å². The normalized spacial score (nSPS) is 12.5. The lowest BCUT2D eigenvalue weighted by atomic mass is 9.93. The predicted octanol–water partition coefficient (Wildman–Crippen LogP) is 3.65. The summed E-state index contributed by atoms with van der Waals surface area (Å²) in [4.78, 5) is 10.2. The van der Waals surface area contributed by atoms with Crippen molar-refractivity contribution < 1.29 is 4.79 Å². The van der Waals surface area contributed by atoms with Crippen molar-refractivity contribution in [1.82, 2.24) is 0 Å². The third-order valence-corrected chi connectivity index (χ3v) is 2.54. The first kappa shape index (κ1) is 12.4. The molecule has 0 aliphatic rings. The van der Waals surface area contributed by atoms with Gasteiger partial charge in [0.05, 0.1) is 0 Å². The Balaban J connectivity index is 3.58. The lowest BCUT2D eigenvalue weighted by Gasteiger charge is -2.13. The second-order valence-electron chi connectivity index (χ2n) is 3.66. The van der Waals surface area contributed by atoms with Crippen molar-refractivity contribution in [3.8, 4) is 0 Å². The molecule has 0 saturated carbocycles. The summed E-state index contributed by atoms with van der Waals surface area (Å²) in [6.45, 7) is 8.07. The molecule has 0 saturated heterocycles. The number of allylic oxidation sites excluding steroid dienone is 1. The van der Waals surface area contributed by atoms with Crippen molar-refractivity contribution >= 4 is 6.29 Å². The molecule has 1 radical (unpaired) electrons. The molecule has 0 amide bonds. The minimum Gasteiger partial charge on any atom is -0.285 e. The SMILES string of the molecule is C=C([C]=O)CCC(CC)CCCC. The van der Waals surface area contributed by atoms with E-state index in [0.29, 0.717) is 5.57 Å². The first-order chi connectivity index (χ1) is 6.24. The van der Waals surface area contributed by atoms with Gasteiger partial charge in [0, 0.05) is 0 Å². The molecule has 0 N–H and O–H groups in total. The maximum Gasteiger partial charge on any atom is 0.228 e. The minimum atomic E-state index is 0.620. The van der Waals surface area contributed by atoms with Crippen molar-refractivity contribution in [2.45, 2.75) is 52.4 Å². The standard InChI is InChI=1S/C12H21O/c1-4-6-7-12(5-2)9-8-11(3)10-13/h12H,3-9H2,1-2H3. The fourth-order valence-corrected chi connectivity index (χ4v) is 1.47. The Morgan fingerprint density at radius 3 is 2.54 bits per heavy atom. The first-order valence-electron chi connectivity index (χ1n) is 5.30. The van der Waals surface area contributed by atoms with Crippen LogP contribution in [0.5, 0.6) is 0 Å². The van der Waals surface area contributed by atoms with E-state index < -0.39 is 0 Å². The van der Waals surface area contributed by atoms with Crippen LogP contribution in [0.2, 0.25) is 0 Å². The van der Waals surface area contributed by atoms with Crippen LogP contribution < -0.4 is 0 Å². The molecule has 0 aromatic heterocycles. The van der Waals surface area contributed by atoms with E-state index in [4.69, 9.17) is 0 Å². The van der Waals surface area contributed by atoms with Crippen LogP contribution in [-0.2, 0) is 4.79 Å². The van der Waals surface area contributed by atoms with Crippen molar-refractivity contribution in [2.75, 3.05) is 0 Å². The molecule has 13 heavy (non-hydrogen) atoms. The van der Waals surface area contributed by atoms with E-state index in [9.17, 15) is 4.79 Å². The highest BCUT2D eigenvalue weighted by Crippen LogP contribution is 2.19. The van der Waals surface area contributed by atoms with Gasteiger partial charge in [0.2, 0.25) is 6.29 Å². The molecule has 1 heteroatoms. The van der Waals surface area contributed by atoms with Gasteiger partial charge in [-0.1, -0.05) is 46.1 Å². The Labute approximate surface area is 82.2 Å². The molecule has 0 heterocycles. The molecular formula is C12H21O. The highest BCUT2D eigenvalue weighted by atomic mass is 16.1. The summed E-state index contributed by atoms with van der Waals surface area (Å²) in [7, 11) is 0. The van der Waals surface area contributed by atoms with E-state index >= 15 is 0 Å². The average Bonchev–Trinajstić information content (AvgIpc) is 2.17. The molecule has 0 aliphatic carbocycles. The largest absolute Gasteiger partial charge is 0.285 e. The molecule has 0 aromatic rings. The van der Waals surface area contributed by atoms with E-state index in [1.165, 1.54) is 25.7 Å². The number of unbranched alkanes of at least 4 members (excludes halogenated alkanes) is 1. The van der Waals surface area contributed by atoms with Crippen LogP contribution in [0.25, 0.3) is 0 Å². The number of hydrogen-bond acceptors (Lipinski definition) is 1. The lowest BCUT2D eigenvalue weighted by molar-refractivity contribution is 0.422. The van der Waals surface area contributed by atoms with Crippen molar-refractivity contribution in [2.24, 2.45) is 5.92 Å². The Hall–Kier alpha value is -0.590. The van der Waals surface area contributed by atoms with Crippen LogP contribution in [0.1, 0.15) is 52.4 Å². The van der Waals surface area contributed by atoms with E-state index in [0.717, 1.165) is 18.8 Å². The average molecular weight is 181 g/mol. The highest BCUT2D eigenvalue weighted by Gasteiger charge is 2.06. The van der Waals surface area contributed by atoms with E-state index in [1.54, 1.807) is 0 Å². The van der Waals surface area contributed by atoms with Gasteiger partial charge in [0.25, 0.3) is 0 Å². The number of hydrogen-bond donors (Lipinski definition) is 0. The van der Waals surface area contributed by atoms with E-state index in [-0.39, 0.29) is 0 Å². The minimum absolute atomic E-state index is 0.620. The molecule has 0 fully saturated rings. The Morgan fingerprint density at radius 2 is 2.08 bits per heavy atom. The fraction of sp³-hybridized carbons (Fsp3) is 0.750. The molecule has 0 aliphatic heterocycles. The zero-order valence-electron chi connectivity index (χ0n) is 8.94. The summed E-state index contributed by atoms with van der Waals surface area (Å²) in [6, 6.07) is 0. The van der Waals surface area contributed by atoms with Crippen molar-refractivity contribution in [1.29, 1.82) is 0 Å². The zero-order chi connectivity index (χ0) is 10.1. The Morgan fingerprint density at radius 1 is 1.38 bits per heavy atom. The van der Waals surface area contributed by atoms with Gasteiger partial charge in [-0.2, -0.15) is 0 Å². The first-order valence-corrected chi connectivity index (χ1v) is 5.30.